The molecular weight excluding hydrogens is 414 g/mol. The van der Waals surface area contributed by atoms with Crippen molar-refractivity contribution in [2.24, 2.45) is 5.92 Å². The van der Waals surface area contributed by atoms with Crippen LogP contribution >= 0.6 is 0 Å². The number of ether oxygens (including phenoxy) is 1. The zero-order valence-electron chi connectivity index (χ0n) is 19.4. The van der Waals surface area contributed by atoms with Gasteiger partial charge in [0.2, 0.25) is 10.0 Å². The van der Waals surface area contributed by atoms with Gasteiger partial charge >= 0.3 is 5.97 Å². The fraction of sp³-hybridized carbons (Fsp3) is 0.478. The summed E-state index contributed by atoms with van der Waals surface area (Å²) in [5, 5.41) is 0. The topological polar surface area (TPSA) is 79.8 Å². The first-order valence-electron chi connectivity index (χ1n) is 10.2. The van der Waals surface area contributed by atoms with Gasteiger partial charge in [0.15, 0.2) is 0 Å². The maximum Gasteiger partial charge on any atom is 0.325 e. The van der Waals surface area contributed by atoms with E-state index in [2.05, 4.69) is 4.98 Å². The van der Waals surface area contributed by atoms with Gasteiger partial charge in [-0.2, -0.15) is 4.31 Å². The van der Waals surface area contributed by atoms with Crippen LogP contribution in [0.15, 0.2) is 53.7 Å². The predicted octanol–water partition coefficient (Wildman–Crippen LogP) is 3.70. The molecule has 0 radical (unpaired) electrons. The summed E-state index contributed by atoms with van der Waals surface area (Å²) in [6, 6.07) is 9.15. The van der Waals surface area contributed by atoms with Crippen LogP contribution in [0.3, 0.4) is 0 Å². The molecule has 2 aromatic rings. The first-order valence-corrected chi connectivity index (χ1v) is 11.7. The molecule has 1 atom stereocenters. The molecule has 0 fully saturated rings. The zero-order chi connectivity index (χ0) is 23.4. The van der Waals surface area contributed by atoms with Gasteiger partial charge in [-0.1, -0.05) is 19.9 Å². The lowest BCUT2D eigenvalue weighted by molar-refractivity contribution is -0.161. The van der Waals surface area contributed by atoms with Crippen molar-refractivity contribution in [3.63, 3.8) is 0 Å². The molecule has 0 aliphatic carbocycles. The minimum absolute atomic E-state index is 0.00763. The number of esters is 1. The van der Waals surface area contributed by atoms with Crippen molar-refractivity contribution in [2.45, 2.75) is 57.7 Å². The van der Waals surface area contributed by atoms with Crippen LogP contribution in [0, 0.1) is 5.92 Å². The van der Waals surface area contributed by atoms with Crippen LogP contribution in [0.25, 0.3) is 0 Å². The Morgan fingerprint density at radius 2 is 1.71 bits per heavy atom. The highest BCUT2D eigenvalue weighted by Gasteiger charge is 2.40. The molecule has 2 rings (SSSR count). The summed E-state index contributed by atoms with van der Waals surface area (Å²) in [7, 11) is -0.231. The van der Waals surface area contributed by atoms with Crippen molar-refractivity contribution in [1.82, 2.24) is 9.29 Å². The average Bonchev–Trinajstić information content (AvgIpc) is 2.66. The van der Waals surface area contributed by atoms with Crippen LogP contribution in [0.2, 0.25) is 0 Å². The minimum Gasteiger partial charge on any atom is -0.459 e. The normalized spacial score (nSPS) is 13.3. The number of hydrogen-bond donors (Lipinski definition) is 0. The Morgan fingerprint density at radius 1 is 1.10 bits per heavy atom. The second-order valence-corrected chi connectivity index (χ2v) is 10.9. The van der Waals surface area contributed by atoms with Gasteiger partial charge in [-0.15, -0.1) is 0 Å². The molecule has 0 unspecified atom stereocenters. The van der Waals surface area contributed by atoms with Crippen molar-refractivity contribution in [1.29, 1.82) is 0 Å². The second kappa shape index (κ2) is 9.78. The minimum atomic E-state index is -4.00. The maximum absolute atomic E-state index is 13.7. The van der Waals surface area contributed by atoms with Crippen LogP contribution in [0.4, 0.5) is 5.69 Å². The number of carbonyl (C=O) groups is 1. The largest absolute Gasteiger partial charge is 0.459 e. The van der Waals surface area contributed by atoms with E-state index in [1.807, 2.05) is 32.8 Å². The molecule has 8 heteroatoms. The standard InChI is InChI=1S/C23H33N3O4S/c1-17(2)21(22(27)30-23(3,4)5)26(16-18-9-8-14-24-15-18)31(28,29)20-12-10-19(11-13-20)25(6)7/h8-15,17,21H,16H2,1-7H3/t21-/m1/s1. The highest BCUT2D eigenvalue weighted by Crippen LogP contribution is 2.27. The van der Waals surface area contributed by atoms with Gasteiger partial charge in [0.05, 0.1) is 4.90 Å². The van der Waals surface area contributed by atoms with Crippen molar-refractivity contribution in [3.8, 4) is 0 Å². The SMILES string of the molecule is CC(C)[C@H](C(=O)OC(C)(C)C)N(Cc1cccnc1)S(=O)(=O)c1ccc(N(C)C)cc1. The summed E-state index contributed by atoms with van der Waals surface area (Å²) in [5.74, 6) is -0.873. The monoisotopic (exact) mass is 447 g/mol. The third kappa shape index (κ3) is 6.51. The van der Waals surface area contributed by atoms with E-state index in [-0.39, 0.29) is 17.4 Å². The Balaban J connectivity index is 2.55. The van der Waals surface area contributed by atoms with Gasteiger partial charge in [-0.25, -0.2) is 8.42 Å². The van der Waals surface area contributed by atoms with Crippen LogP contribution in [-0.4, -0.2) is 49.4 Å². The molecule has 1 aromatic carbocycles. The number of anilines is 1. The lowest BCUT2D eigenvalue weighted by Gasteiger charge is -2.34. The van der Waals surface area contributed by atoms with Crippen LogP contribution in [-0.2, 0) is 26.1 Å². The van der Waals surface area contributed by atoms with E-state index in [0.717, 1.165) is 5.69 Å². The lowest BCUT2D eigenvalue weighted by atomic mass is 10.0. The van der Waals surface area contributed by atoms with Crippen LogP contribution in [0.5, 0.6) is 0 Å². The molecule has 0 N–H and O–H groups in total. The number of carbonyl (C=O) groups excluding carboxylic acids is 1. The summed E-state index contributed by atoms with van der Waals surface area (Å²) >= 11 is 0. The van der Waals surface area contributed by atoms with E-state index in [0.29, 0.717) is 5.56 Å². The van der Waals surface area contributed by atoms with E-state index < -0.39 is 27.6 Å². The van der Waals surface area contributed by atoms with Crippen molar-refractivity contribution < 1.29 is 17.9 Å². The molecule has 170 valence electrons. The molecule has 0 bridgehead atoms. The van der Waals surface area contributed by atoms with Crippen LogP contribution in [0.1, 0.15) is 40.2 Å². The van der Waals surface area contributed by atoms with Gasteiger partial charge in [0.25, 0.3) is 0 Å². The first-order chi connectivity index (χ1) is 14.3. The van der Waals surface area contributed by atoms with Gasteiger partial charge in [-0.05, 0) is 62.6 Å². The second-order valence-electron chi connectivity index (χ2n) is 9.02. The number of hydrogen-bond acceptors (Lipinski definition) is 6. The zero-order valence-corrected chi connectivity index (χ0v) is 20.2. The van der Waals surface area contributed by atoms with E-state index in [9.17, 15) is 13.2 Å². The summed E-state index contributed by atoms with van der Waals surface area (Å²) in [6.45, 7) is 8.94. The fourth-order valence-electron chi connectivity index (χ4n) is 3.14. The fourth-order valence-corrected chi connectivity index (χ4v) is 4.84. The highest BCUT2D eigenvalue weighted by atomic mass is 32.2. The number of pyridine rings is 1. The number of benzene rings is 1. The molecular formula is C23H33N3O4S. The van der Waals surface area contributed by atoms with Crippen LogP contribution < -0.4 is 4.90 Å². The molecule has 0 aliphatic heterocycles. The van der Waals surface area contributed by atoms with Gasteiger partial charge in [0.1, 0.15) is 11.6 Å². The summed E-state index contributed by atoms with van der Waals surface area (Å²) in [5.41, 5.74) is 0.830. The predicted molar refractivity (Wildman–Crippen MR) is 122 cm³/mol. The average molecular weight is 448 g/mol. The van der Waals surface area contributed by atoms with E-state index in [4.69, 9.17) is 4.74 Å². The molecule has 0 amide bonds. The van der Waals surface area contributed by atoms with Crippen molar-refractivity contribution in [2.75, 3.05) is 19.0 Å². The molecule has 0 saturated heterocycles. The Hall–Kier alpha value is -2.45. The van der Waals surface area contributed by atoms with E-state index in [1.54, 1.807) is 69.6 Å². The number of sulfonamides is 1. The van der Waals surface area contributed by atoms with Gasteiger partial charge < -0.3 is 9.64 Å². The number of nitrogens with zero attached hydrogens (tertiary/aromatic N) is 3. The Kier molecular flexibility index (Phi) is 7.83. The maximum atomic E-state index is 13.7. The quantitative estimate of drug-likeness (QED) is 0.574. The molecule has 1 heterocycles. The third-order valence-electron chi connectivity index (χ3n) is 4.61. The molecule has 0 aliphatic rings. The molecule has 0 saturated carbocycles. The number of aromatic nitrogens is 1. The van der Waals surface area contributed by atoms with Gasteiger partial charge in [-0.3, -0.25) is 9.78 Å². The Morgan fingerprint density at radius 3 is 2.16 bits per heavy atom. The lowest BCUT2D eigenvalue weighted by Crippen LogP contribution is -2.49. The van der Waals surface area contributed by atoms with Gasteiger partial charge in [0, 0.05) is 38.7 Å². The van der Waals surface area contributed by atoms with Crippen molar-refractivity contribution in [3.05, 3.63) is 54.4 Å². The van der Waals surface area contributed by atoms with E-state index >= 15 is 0 Å². The number of rotatable bonds is 8. The molecule has 1 aromatic heterocycles. The Bertz CT molecular complexity index is 966. The van der Waals surface area contributed by atoms with Crippen molar-refractivity contribution >= 4 is 21.7 Å². The Labute approximate surface area is 186 Å². The highest BCUT2D eigenvalue weighted by molar-refractivity contribution is 7.89. The molecule has 7 nitrogen and oxygen atoms in total. The summed E-state index contributed by atoms with van der Waals surface area (Å²) in [4.78, 5) is 19.2. The van der Waals surface area contributed by atoms with E-state index in [1.165, 1.54) is 4.31 Å². The first kappa shape index (κ1) is 24.8. The summed E-state index contributed by atoms with van der Waals surface area (Å²) < 4.78 is 34.3. The molecule has 31 heavy (non-hydrogen) atoms. The smallest absolute Gasteiger partial charge is 0.325 e. The summed E-state index contributed by atoms with van der Waals surface area (Å²) in [6.07, 6.45) is 3.22. The molecule has 0 spiro atoms. The third-order valence-corrected chi connectivity index (χ3v) is 6.45.